The van der Waals surface area contributed by atoms with Crippen molar-refractivity contribution in [3.63, 3.8) is 0 Å². The molecule has 1 fully saturated rings. The van der Waals surface area contributed by atoms with E-state index >= 15 is 0 Å². The third kappa shape index (κ3) is 2.61. The van der Waals surface area contributed by atoms with E-state index in [1.165, 1.54) is 0 Å². The molecule has 1 aromatic carbocycles. The van der Waals surface area contributed by atoms with Gasteiger partial charge in [-0.3, -0.25) is 0 Å². The summed E-state index contributed by atoms with van der Waals surface area (Å²) < 4.78 is 10.9. The van der Waals surface area contributed by atoms with Crippen LogP contribution in [0.4, 0.5) is 0 Å². The lowest BCUT2D eigenvalue weighted by Crippen LogP contribution is -2.16. The minimum absolute atomic E-state index is 0.0405. The summed E-state index contributed by atoms with van der Waals surface area (Å²) in [6.45, 7) is 1.72. The summed E-state index contributed by atoms with van der Waals surface area (Å²) in [6.07, 6.45) is 0.907. The molecule has 16 heavy (non-hydrogen) atoms. The molecule has 1 unspecified atom stereocenters. The van der Waals surface area contributed by atoms with Crippen molar-refractivity contribution in [2.45, 2.75) is 19.1 Å². The highest BCUT2D eigenvalue weighted by Gasteiger charge is 2.20. The van der Waals surface area contributed by atoms with E-state index in [0.717, 1.165) is 18.6 Å². The fraction of sp³-hybridized carbons (Fsp3) is 0.455. The summed E-state index contributed by atoms with van der Waals surface area (Å²) in [6, 6.07) is 3.55. The molecule has 1 aliphatic rings. The first-order valence-corrected chi connectivity index (χ1v) is 5.88. The Balaban J connectivity index is 2.19. The van der Waals surface area contributed by atoms with Crippen LogP contribution in [-0.4, -0.2) is 19.3 Å². The molecular weight excluding hydrogens is 249 g/mol. The molecule has 0 bridgehead atoms. The standard InChI is InChI=1S/C11H13Cl2NO2/c12-9-3-7(5-14)4-10(13)11(9)16-8-1-2-15-6-8/h3-4,8H,1-2,5-6,14H2. The van der Waals surface area contributed by atoms with Crippen LogP contribution in [0.3, 0.4) is 0 Å². The number of rotatable bonds is 3. The van der Waals surface area contributed by atoms with Crippen LogP contribution in [0.15, 0.2) is 12.1 Å². The monoisotopic (exact) mass is 261 g/mol. The van der Waals surface area contributed by atoms with Gasteiger partial charge in [-0.2, -0.15) is 0 Å². The topological polar surface area (TPSA) is 44.5 Å². The molecular formula is C11H13Cl2NO2. The van der Waals surface area contributed by atoms with Crippen LogP contribution in [-0.2, 0) is 11.3 Å². The predicted molar refractivity (Wildman–Crippen MR) is 64.2 cm³/mol. The summed E-state index contributed by atoms with van der Waals surface area (Å²) >= 11 is 12.2. The Morgan fingerprint density at radius 1 is 1.38 bits per heavy atom. The molecule has 1 saturated heterocycles. The number of ether oxygens (including phenoxy) is 2. The average Bonchev–Trinajstić information content (AvgIpc) is 2.75. The first-order valence-electron chi connectivity index (χ1n) is 5.13. The van der Waals surface area contributed by atoms with Gasteiger partial charge in [0.2, 0.25) is 0 Å². The van der Waals surface area contributed by atoms with Gasteiger partial charge in [0, 0.05) is 13.0 Å². The SMILES string of the molecule is NCc1cc(Cl)c(OC2CCOC2)c(Cl)c1. The van der Waals surface area contributed by atoms with Crippen molar-refractivity contribution in [2.75, 3.05) is 13.2 Å². The molecule has 0 saturated carbocycles. The summed E-state index contributed by atoms with van der Waals surface area (Å²) in [4.78, 5) is 0. The fourth-order valence-electron chi connectivity index (χ4n) is 1.62. The van der Waals surface area contributed by atoms with Crippen molar-refractivity contribution >= 4 is 23.2 Å². The summed E-state index contributed by atoms with van der Waals surface area (Å²) in [5.41, 5.74) is 6.42. The maximum Gasteiger partial charge on any atom is 0.157 e. The highest BCUT2D eigenvalue weighted by molar-refractivity contribution is 6.37. The maximum atomic E-state index is 6.09. The molecule has 0 aromatic heterocycles. The summed E-state index contributed by atoms with van der Waals surface area (Å²) in [5.74, 6) is 0.524. The second-order valence-corrected chi connectivity index (χ2v) is 4.51. The minimum atomic E-state index is 0.0405. The van der Waals surface area contributed by atoms with E-state index in [2.05, 4.69) is 0 Å². The van der Waals surface area contributed by atoms with Gasteiger partial charge in [-0.1, -0.05) is 23.2 Å². The average molecular weight is 262 g/mol. The highest BCUT2D eigenvalue weighted by atomic mass is 35.5. The van der Waals surface area contributed by atoms with Gasteiger partial charge in [0.25, 0.3) is 0 Å². The zero-order valence-corrected chi connectivity index (χ0v) is 10.2. The molecule has 3 nitrogen and oxygen atoms in total. The number of nitrogens with two attached hydrogens (primary N) is 1. The molecule has 2 N–H and O–H groups in total. The van der Waals surface area contributed by atoms with Crippen molar-refractivity contribution in [2.24, 2.45) is 5.73 Å². The minimum Gasteiger partial charge on any atom is -0.485 e. The highest BCUT2D eigenvalue weighted by Crippen LogP contribution is 2.35. The number of benzene rings is 1. The number of halogens is 2. The molecule has 1 heterocycles. The molecule has 0 spiro atoms. The van der Waals surface area contributed by atoms with Crippen LogP contribution in [0, 0.1) is 0 Å². The van der Waals surface area contributed by atoms with Gasteiger partial charge in [-0.05, 0) is 17.7 Å². The molecule has 1 atom stereocenters. The molecule has 1 aliphatic heterocycles. The lowest BCUT2D eigenvalue weighted by atomic mass is 10.2. The van der Waals surface area contributed by atoms with Crippen LogP contribution in [0.25, 0.3) is 0 Å². The van der Waals surface area contributed by atoms with E-state index in [1.54, 1.807) is 12.1 Å². The Kier molecular flexibility index (Phi) is 3.92. The van der Waals surface area contributed by atoms with Crippen molar-refractivity contribution in [1.29, 1.82) is 0 Å². The van der Waals surface area contributed by atoms with E-state index in [1.807, 2.05) is 0 Å². The van der Waals surface area contributed by atoms with Gasteiger partial charge in [0.15, 0.2) is 5.75 Å². The Labute approximate surface area is 104 Å². The second-order valence-electron chi connectivity index (χ2n) is 3.70. The number of hydrogen-bond donors (Lipinski definition) is 1. The van der Waals surface area contributed by atoms with Crippen LogP contribution < -0.4 is 10.5 Å². The molecule has 2 rings (SSSR count). The van der Waals surface area contributed by atoms with E-state index in [-0.39, 0.29) is 6.10 Å². The Morgan fingerprint density at radius 3 is 2.56 bits per heavy atom. The number of hydrogen-bond acceptors (Lipinski definition) is 3. The second kappa shape index (κ2) is 5.23. The zero-order valence-electron chi connectivity index (χ0n) is 8.71. The Morgan fingerprint density at radius 2 is 2.06 bits per heavy atom. The lowest BCUT2D eigenvalue weighted by molar-refractivity contribution is 0.141. The van der Waals surface area contributed by atoms with Gasteiger partial charge >= 0.3 is 0 Å². The summed E-state index contributed by atoms with van der Waals surface area (Å²) in [5, 5.41) is 1.000. The third-order valence-corrected chi connectivity index (χ3v) is 3.03. The Hall–Kier alpha value is -0.480. The zero-order chi connectivity index (χ0) is 11.5. The molecule has 5 heteroatoms. The van der Waals surface area contributed by atoms with Crippen LogP contribution in [0.2, 0.25) is 10.0 Å². The quantitative estimate of drug-likeness (QED) is 0.910. The van der Waals surface area contributed by atoms with E-state index in [9.17, 15) is 0 Å². The fourth-order valence-corrected chi connectivity index (χ4v) is 2.24. The molecule has 0 amide bonds. The molecule has 0 radical (unpaired) electrons. The first kappa shape index (κ1) is 12.0. The van der Waals surface area contributed by atoms with Gasteiger partial charge < -0.3 is 15.2 Å². The summed E-state index contributed by atoms with van der Waals surface area (Å²) in [7, 11) is 0. The van der Waals surface area contributed by atoms with Crippen LogP contribution in [0.1, 0.15) is 12.0 Å². The van der Waals surface area contributed by atoms with E-state index in [4.69, 9.17) is 38.4 Å². The van der Waals surface area contributed by atoms with Crippen molar-refractivity contribution in [3.8, 4) is 5.75 Å². The maximum absolute atomic E-state index is 6.09. The van der Waals surface area contributed by atoms with Gasteiger partial charge in [-0.25, -0.2) is 0 Å². The molecule has 1 aromatic rings. The molecule has 0 aliphatic carbocycles. The first-order chi connectivity index (χ1) is 7.70. The molecule has 88 valence electrons. The van der Waals surface area contributed by atoms with Crippen LogP contribution >= 0.6 is 23.2 Å². The van der Waals surface area contributed by atoms with Crippen molar-refractivity contribution in [3.05, 3.63) is 27.7 Å². The normalized spacial score (nSPS) is 20.1. The van der Waals surface area contributed by atoms with E-state index < -0.39 is 0 Å². The van der Waals surface area contributed by atoms with Gasteiger partial charge in [-0.15, -0.1) is 0 Å². The predicted octanol–water partition coefficient (Wildman–Crippen LogP) is 2.62. The van der Waals surface area contributed by atoms with Crippen molar-refractivity contribution < 1.29 is 9.47 Å². The van der Waals surface area contributed by atoms with Crippen molar-refractivity contribution in [1.82, 2.24) is 0 Å². The Bertz CT molecular complexity index is 355. The third-order valence-electron chi connectivity index (χ3n) is 2.47. The van der Waals surface area contributed by atoms with Gasteiger partial charge in [0.05, 0.1) is 23.3 Å². The largest absolute Gasteiger partial charge is 0.485 e. The van der Waals surface area contributed by atoms with Gasteiger partial charge in [0.1, 0.15) is 6.10 Å². The lowest BCUT2D eigenvalue weighted by Gasteiger charge is -2.15. The smallest absolute Gasteiger partial charge is 0.157 e. The van der Waals surface area contributed by atoms with Crippen LogP contribution in [0.5, 0.6) is 5.75 Å². The van der Waals surface area contributed by atoms with E-state index in [0.29, 0.717) is 28.9 Å².